The number of para-hydroxylation sites is 1. The molecule has 1 N–H and O–H groups in total. The molecule has 0 saturated heterocycles. The lowest BCUT2D eigenvalue weighted by atomic mass is 10.2. The van der Waals surface area contributed by atoms with Gasteiger partial charge < -0.3 is 9.67 Å². The number of imidazole rings is 1. The molecular weight excluding hydrogens is 266 g/mol. The molecule has 0 spiro atoms. The first-order valence-electron chi connectivity index (χ1n) is 7.34. The minimum atomic E-state index is -0.910. The maximum atomic E-state index is 11.4. The number of fused-ring (bicyclic) bond motifs is 1. The van der Waals surface area contributed by atoms with Crippen molar-refractivity contribution in [2.24, 2.45) is 0 Å². The molecule has 0 aliphatic carbocycles. The van der Waals surface area contributed by atoms with Crippen molar-refractivity contribution >= 4 is 17.0 Å². The van der Waals surface area contributed by atoms with Crippen LogP contribution in [0.5, 0.6) is 0 Å². The highest BCUT2D eigenvalue weighted by Gasteiger charge is 2.16. The highest BCUT2D eigenvalue weighted by atomic mass is 16.4. The van der Waals surface area contributed by atoms with Crippen LogP contribution in [0.25, 0.3) is 11.0 Å². The molecule has 5 heteroatoms. The van der Waals surface area contributed by atoms with E-state index in [1.165, 1.54) is 0 Å². The van der Waals surface area contributed by atoms with Crippen LogP contribution in [0.15, 0.2) is 24.5 Å². The summed E-state index contributed by atoms with van der Waals surface area (Å²) < 4.78 is 1.94. The molecule has 0 atom stereocenters. The molecule has 0 unspecified atom stereocenters. The molecule has 0 bridgehead atoms. The number of nitrogens with zero attached hydrogens (tertiary/aromatic N) is 3. The van der Waals surface area contributed by atoms with Crippen molar-refractivity contribution in [3.05, 3.63) is 30.1 Å². The van der Waals surface area contributed by atoms with Crippen molar-refractivity contribution in [3.63, 3.8) is 0 Å². The van der Waals surface area contributed by atoms with Crippen molar-refractivity contribution in [2.75, 3.05) is 6.54 Å². The van der Waals surface area contributed by atoms with E-state index < -0.39 is 5.97 Å². The van der Waals surface area contributed by atoms with Gasteiger partial charge in [-0.3, -0.25) is 4.90 Å². The predicted octanol–water partition coefficient (Wildman–Crippen LogP) is 2.85. The van der Waals surface area contributed by atoms with Gasteiger partial charge in [0.25, 0.3) is 0 Å². The third-order valence-electron chi connectivity index (χ3n) is 3.79. The summed E-state index contributed by atoms with van der Waals surface area (Å²) in [6.07, 6.45) is 1.73. The van der Waals surface area contributed by atoms with E-state index in [1.54, 1.807) is 18.5 Å². The van der Waals surface area contributed by atoms with Crippen molar-refractivity contribution in [3.8, 4) is 0 Å². The van der Waals surface area contributed by atoms with Gasteiger partial charge in [-0.05, 0) is 39.8 Å². The molecule has 0 radical (unpaired) electrons. The maximum Gasteiger partial charge on any atom is 0.337 e. The van der Waals surface area contributed by atoms with E-state index in [1.807, 2.05) is 10.6 Å². The first kappa shape index (κ1) is 15.5. The Kier molecular flexibility index (Phi) is 4.63. The Labute approximate surface area is 125 Å². The Balaban J connectivity index is 2.29. The molecule has 0 saturated carbocycles. The normalized spacial score (nSPS) is 12.0. The van der Waals surface area contributed by atoms with E-state index in [-0.39, 0.29) is 0 Å². The fourth-order valence-electron chi connectivity index (χ4n) is 2.80. The van der Waals surface area contributed by atoms with Gasteiger partial charge in [0.05, 0.1) is 22.9 Å². The molecule has 0 aliphatic heterocycles. The van der Waals surface area contributed by atoms with Crippen LogP contribution in [-0.2, 0) is 6.54 Å². The van der Waals surface area contributed by atoms with Gasteiger partial charge in [0.2, 0.25) is 0 Å². The molecule has 114 valence electrons. The van der Waals surface area contributed by atoms with Crippen LogP contribution in [0, 0.1) is 0 Å². The molecule has 2 aromatic rings. The zero-order valence-electron chi connectivity index (χ0n) is 13.1. The van der Waals surface area contributed by atoms with Crippen LogP contribution in [0.1, 0.15) is 38.1 Å². The summed E-state index contributed by atoms with van der Waals surface area (Å²) in [6.45, 7) is 10.3. The highest BCUT2D eigenvalue weighted by molar-refractivity contribution is 6.01. The van der Waals surface area contributed by atoms with Crippen molar-refractivity contribution in [1.29, 1.82) is 0 Å². The second-order valence-electron chi connectivity index (χ2n) is 5.84. The summed E-state index contributed by atoms with van der Waals surface area (Å²) in [7, 11) is 0. The molecule has 21 heavy (non-hydrogen) atoms. The zero-order valence-corrected chi connectivity index (χ0v) is 13.1. The van der Waals surface area contributed by atoms with Gasteiger partial charge in [-0.25, -0.2) is 9.78 Å². The molecule has 5 nitrogen and oxygen atoms in total. The Morgan fingerprint density at radius 2 is 1.95 bits per heavy atom. The van der Waals surface area contributed by atoms with E-state index >= 15 is 0 Å². The first-order chi connectivity index (χ1) is 9.91. The Morgan fingerprint density at radius 1 is 1.29 bits per heavy atom. The number of carbonyl (C=O) groups is 1. The Hall–Kier alpha value is -1.88. The summed E-state index contributed by atoms with van der Waals surface area (Å²) in [4.78, 5) is 18.1. The number of aromatic carboxylic acids is 1. The van der Waals surface area contributed by atoms with E-state index in [0.29, 0.717) is 23.2 Å². The predicted molar refractivity (Wildman–Crippen MR) is 83.7 cm³/mol. The second kappa shape index (κ2) is 6.26. The number of carboxylic acid groups (broad SMARTS) is 1. The SMILES string of the molecule is CC(C)N(CCn1cnc2cccc(C(=O)O)c21)C(C)C. The molecule has 1 aromatic heterocycles. The van der Waals surface area contributed by atoms with Gasteiger partial charge in [0.15, 0.2) is 0 Å². The zero-order chi connectivity index (χ0) is 15.6. The van der Waals surface area contributed by atoms with Crippen molar-refractivity contribution in [1.82, 2.24) is 14.5 Å². The number of hydrogen-bond donors (Lipinski definition) is 1. The van der Waals surface area contributed by atoms with E-state index in [2.05, 4.69) is 37.6 Å². The van der Waals surface area contributed by atoms with Crippen molar-refractivity contribution < 1.29 is 9.90 Å². The lowest BCUT2D eigenvalue weighted by Crippen LogP contribution is -2.39. The summed E-state index contributed by atoms with van der Waals surface area (Å²) in [5, 5.41) is 9.33. The van der Waals surface area contributed by atoms with Crippen molar-refractivity contribution in [2.45, 2.75) is 46.3 Å². The topological polar surface area (TPSA) is 58.4 Å². The van der Waals surface area contributed by atoms with Crippen LogP contribution < -0.4 is 0 Å². The van der Waals surface area contributed by atoms with Gasteiger partial charge in [0, 0.05) is 25.2 Å². The van der Waals surface area contributed by atoms with Gasteiger partial charge >= 0.3 is 5.97 Å². The smallest absolute Gasteiger partial charge is 0.337 e. The standard InChI is InChI=1S/C16H23N3O2/c1-11(2)19(12(3)4)9-8-18-10-17-14-7-5-6-13(15(14)18)16(20)21/h5-7,10-12H,8-9H2,1-4H3,(H,20,21). The van der Waals surface area contributed by atoms with Crippen LogP contribution >= 0.6 is 0 Å². The van der Waals surface area contributed by atoms with Crippen LogP contribution in [0.3, 0.4) is 0 Å². The molecular formula is C16H23N3O2. The number of carboxylic acids is 1. The quantitative estimate of drug-likeness (QED) is 0.888. The molecule has 0 amide bonds. The minimum Gasteiger partial charge on any atom is -0.478 e. The molecule has 1 heterocycles. The van der Waals surface area contributed by atoms with Crippen LogP contribution in [-0.4, -0.2) is 44.2 Å². The molecule has 0 aliphatic rings. The monoisotopic (exact) mass is 289 g/mol. The number of aromatic nitrogens is 2. The number of rotatable bonds is 6. The van der Waals surface area contributed by atoms with E-state index in [4.69, 9.17) is 0 Å². The van der Waals surface area contributed by atoms with Crippen LogP contribution in [0.4, 0.5) is 0 Å². The van der Waals surface area contributed by atoms with Crippen LogP contribution in [0.2, 0.25) is 0 Å². The van der Waals surface area contributed by atoms with Gasteiger partial charge in [0.1, 0.15) is 0 Å². The summed E-state index contributed by atoms with van der Waals surface area (Å²) in [5.74, 6) is -0.910. The average Bonchev–Trinajstić information content (AvgIpc) is 2.81. The Bertz CT molecular complexity index is 623. The minimum absolute atomic E-state index is 0.311. The third-order valence-corrected chi connectivity index (χ3v) is 3.79. The summed E-state index contributed by atoms with van der Waals surface area (Å²) in [5.41, 5.74) is 1.75. The fraction of sp³-hybridized carbons (Fsp3) is 0.500. The molecule has 0 fully saturated rings. The average molecular weight is 289 g/mol. The van der Waals surface area contributed by atoms with E-state index in [9.17, 15) is 9.90 Å². The third kappa shape index (κ3) is 3.24. The number of hydrogen-bond acceptors (Lipinski definition) is 3. The van der Waals surface area contributed by atoms with Gasteiger partial charge in [-0.1, -0.05) is 6.07 Å². The van der Waals surface area contributed by atoms with Gasteiger partial charge in [-0.15, -0.1) is 0 Å². The number of benzene rings is 1. The molecule has 1 aromatic carbocycles. The van der Waals surface area contributed by atoms with Gasteiger partial charge in [-0.2, -0.15) is 0 Å². The summed E-state index contributed by atoms with van der Waals surface area (Å²) >= 11 is 0. The first-order valence-corrected chi connectivity index (χ1v) is 7.34. The lowest BCUT2D eigenvalue weighted by molar-refractivity contribution is 0.0698. The summed E-state index contributed by atoms with van der Waals surface area (Å²) in [6, 6.07) is 6.13. The maximum absolute atomic E-state index is 11.4. The fourth-order valence-corrected chi connectivity index (χ4v) is 2.80. The largest absolute Gasteiger partial charge is 0.478 e. The Morgan fingerprint density at radius 3 is 2.52 bits per heavy atom. The lowest BCUT2D eigenvalue weighted by Gasteiger charge is -2.30. The van der Waals surface area contributed by atoms with E-state index in [0.717, 1.165) is 18.6 Å². The second-order valence-corrected chi connectivity index (χ2v) is 5.84. The highest BCUT2D eigenvalue weighted by Crippen LogP contribution is 2.18. The molecule has 2 rings (SSSR count).